The molecule has 1 aromatic heterocycles. The van der Waals surface area contributed by atoms with Crippen LogP contribution in [0, 0.1) is 6.92 Å². The summed E-state index contributed by atoms with van der Waals surface area (Å²) >= 11 is 0. The summed E-state index contributed by atoms with van der Waals surface area (Å²) in [4.78, 5) is 6.84. The fourth-order valence-corrected chi connectivity index (χ4v) is 2.57. The van der Waals surface area contributed by atoms with Crippen LogP contribution < -0.4 is 15.4 Å². The molecule has 0 unspecified atom stereocenters. The Bertz CT molecular complexity index is 612. The standard InChI is InChI=1S/C16H19N3O/c1-12-8-13(9-17)10-18-16(12)19-6-7-20-15-5-3-2-4-14(15)11-19/h2-5,8,10H,6-7,9,11,17H2,1H3. The molecule has 1 aromatic carbocycles. The summed E-state index contributed by atoms with van der Waals surface area (Å²) in [5.74, 6) is 1.99. The minimum atomic E-state index is 0.528. The largest absolute Gasteiger partial charge is 0.491 e. The normalized spacial score (nSPS) is 14.4. The van der Waals surface area contributed by atoms with E-state index in [1.54, 1.807) is 0 Å². The Kier molecular flexibility index (Phi) is 3.56. The van der Waals surface area contributed by atoms with Crippen molar-refractivity contribution in [2.75, 3.05) is 18.1 Å². The molecule has 0 radical (unpaired) electrons. The van der Waals surface area contributed by atoms with Crippen LogP contribution in [0.4, 0.5) is 5.82 Å². The molecule has 20 heavy (non-hydrogen) atoms. The summed E-state index contributed by atoms with van der Waals surface area (Å²) < 4.78 is 5.80. The van der Waals surface area contributed by atoms with Gasteiger partial charge in [-0.2, -0.15) is 0 Å². The van der Waals surface area contributed by atoms with Crippen molar-refractivity contribution in [2.24, 2.45) is 5.73 Å². The lowest BCUT2D eigenvalue weighted by atomic mass is 10.1. The third kappa shape index (κ3) is 2.47. The number of nitrogens with zero attached hydrogens (tertiary/aromatic N) is 2. The fraction of sp³-hybridized carbons (Fsp3) is 0.312. The van der Waals surface area contributed by atoms with Crippen molar-refractivity contribution in [3.05, 3.63) is 53.2 Å². The minimum absolute atomic E-state index is 0.528. The van der Waals surface area contributed by atoms with Crippen LogP contribution in [0.15, 0.2) is 36.5 Å². The van der Waals surface area contributed by atoms with Crippen molar-refractivity contribution in [3.63, 3.8) is 0 Å². The molecule has 0 saturated heterocycles. The zero-order valence-corrected chi connectivity index (χ0v) is 11.7. The summed E-state index contributed by atoms with van der Waals surface area (Å²) in [7, 11) is 0. The van der Waals surface area contributed by atoms with E-state index in [4.69, 9.17) is 10.5 Å². The zero-order valence-electron chi connectivity index (χ0n) is 11.7. The molecule has 0 spiro atoms. The van der Waals surface area contributed by atoms with Gasteiger partial charge in [-0.05, 0) is 30.2 Å². The van der Waals surface area contributed by atoms with E-state index in [0.29, 0.717) is 13.2 Å². The van der Waals surface area contributed by atoms with Crippen LogP contribution in [0.2, 0.25) is 0 Å². The van der Waals surface area contributed by atoms with Crippen molar-refractivity contribution < 1.29 is 4.74 Å². The van der Waals surface area contributed by atoms with Crippen LogP contribution in [0.25, 0.3) is 0 Å². The second-order valence-electron chi connectivity index (χ2n) is 5.07. The number of benzene rings is 1. The number of anilines is 1. The Morgan fingerprint density at radius 3 is 3.00 bits per heavy atom. The van der Waals surface area contributed by atoms with E-state index < -0.39 is 0 Å². The Balaban J connectivity index is 1.91. The quantitative estimate of drug-likeness (QED) is 0.908. The monoisotopic (exact) mass is 269 g/mol. The van der Waals surface area contributed by atoms with Crippen LogP contribution in [-0.4, -0.2) is 18.1 Å². The Hall–Kier alpha value is -2.07. The average Bonchev–Trinajstić information content (AvgIpc) is 2.69. The molecule has 0 saturated carbocycles. The molecule has 2 aromatic rings. The number of para-hydroxylation sites is 1. The van der Waals surface area contributed by atoms with Gasteiger partial charge < -0.3 is 15.4 Å². The highest BCUT2D eigenvalue weighted by Crippen LogP contribution is 2.26. The van der Waals surface area contributed by atoms with E-state index >= 15 is 0 Å². The van der Waals surface area contributed by atoms with E-state index in [-0.39, 0.29) is 0 Å². The van der Waals surface area contributed by atoms with Crippen LogP contribution >= 0.6 is 0 Å². The predicted molar refractivity (Wildman–Crippen MR) is 79.9 cm³/mol. The van der Waals surface area contributed by atoms with Crippen molar-refractivity contribution in [2.45, 2.75) is 20.0 Å². The number of aromatic nitrogens is 1. The molecule has 3 rings (SSSR count). The lowest BCUT2D eigenvalue weighted by Crippen LogP contribution is -2.27. The van der Waals surface area contributed by atoms with Gasteiger partial charge in [0.05, 0.1) is 6.54 Å². The molecule has 0 aliphatic carbocycles. The average molecular weight is 269 g/mol. The van der Waals surface area contributed by atoms with Gasteiger partial charge in [0.15, 0.2) is 0 Å². The van der Waals surface area contributed by atoms with Crippen molar-refractivity contribution in [1.82, 2.24) is 4.98 Å². The highest BCUT2D eigenvalue weighted by Gasteiger charge is 2.17. The number of aryl methyl sites for hydroxylation is 1. The number of fused-ring (bicyclic) bond motifs is 1. The van der Waals surface area contributed by atoms with Gasteiger partial charge in [-0.15, -0.1) is 0 Å². The SMILES string of the molecule is Cc1cc(CN)cnc1N1CCOc2ccccc2C1. The molecule has 0 fully saturated rings. The highest BCUT2D eigenvalue weighted by molar-refractivity contribution is 5.49. The highest BCUT2D eigenvalue weighted by atomic mass is 16.5. The summed E-state index contributed by atoms with van der Waals surface area (Å²) in [5, 5.41) is 0. The predicted octanol–water partition coefficient (Wildman–Crippen LogP) is 2.25. The van der Waals surface area contributed by atoms with Gasteiger partial charge in [0.1, 0.15) is 18.2 Å². The fourth-order valence-electron chi connectivity index (χ4n) is 2.57. The summed E-state index contributed by atoms with van der Waals surface area (Å²) in [6.45, 7) is 4.95. The van der Waals surface area contributed by atoms with Gasteiger partial charge >= 0.3 is 0 Å². The molecule has 0 atom stereocenters. The molecule has 1 aliphatic rings. The minimum Gasteiger partial charge on any atom is -0.491 e. The first-order valence-corrected chi connectivity index (χ1v) is 6.89. The maximum absolute atomic E-state index is 5.80. The lowest BCUT2D eigenvalue weighted by Gasteiger charge is -2.23. The van der Waals surface area contributed by atoms with Gasteiger partial charge in [0.25, 0.3) is 0 Å². The van der Waals surface area contributed by atoms with Crippen molar-refractivity contribution in [3.8, 4) is 5.75 Å². The second kappa shape index (κ2) is 5.51. The third-order valence-corrected chi connectivity index (χ3v) is 3.60. The molecular formula is C16H19N3O. The van der Waals surface area contributed by atoms with Gasteiger partial charge in [-0.1, -0.05) is 18.2 Å². The Morgan fingerprint density at radius 2 is 2.20 bits per heavy atom. The van der Waals surface area contributed by atoms with E-state index in [1.807, 2.05) is 24.4 Å². The first-order chi connectivity index (χ1) is 9.78. The summed E-state index contributed by atoms with van der Waals surface area (Å²) in [5.41, 5.74) is 9.09. The Morgan fingerprint density at radius 1 is 1.35 bits per heavy atom. The van der Waals surface area contributed by atoms with Gasteiger partial charge in [0, 0.05) is 24.8 Å². The molecule has 2 heterocycles. The smallest absolute Gasteiger partial charge is 0.131 e. The van der Waals surface area contributed by atoms with Crippen LogP contribution in [0.3, 0.4) is 0 Å². The summed E-state index contributed by atoms with van der Waals surface area (Å²) in [6, 6.07) is 10.3. The number of hydrogen-bond acceptors (Lipinski definition) is 4. The topological polar surface area (TPSA) is 51.4 Å². The Labute approximate surface area is 119 Å². The molecule has 0 amide bonds. The molecule has 4 heteroatoms. The van der Waals surface area contributed by atoms with Crippen LogP contribution in [0.1, 0.15) is 16.7 Å². The van der Waals surface area contributed by atoms with Gasteiger partial charge in [0.2, 0.25) is 0 Å². The van der Waals surface area contributed by atoms with Crippen molar-refractivity contribution in [1.29, 1.82) is 0 Å². The third-order valence-electron chi connectivity index (χ3n) is 3.60. The maximum atomic E-state index is 5.80. The first-order valence-electron chi connectivity index (χ1n) is 6.89. The molecular weight excluding hydrogens is 250 g/mol. The number of pyridine rings is 1. The van der Waals surface area contributed by atoms with Crippen LogP contribution in [-0.2, 0) is 13.1 Å². The number of hydrogen-bond donors (Lipinski definition) is 1. The molecule has 104 valence electrons. The van der Waals surface area contributed by atoms with Gasteiger partial charge in [-0.25, -0.2) is 4.98 Å². The first kappa shape index (κ1) is 12.9. The van der Waals surface area contributed by atoms with E-state index in [2.05, 4.69) is 28.9 Å². The molecule has 1 aliphatic heterocycles. The zero-order chi connectivity index (χ0) is 13.9. The lowest BCUT2D eigenvalue weighted by molar-refractivity contribution is 0.331. The summed E-state index contributed by atoms with van der Waals surface area (Å²) in [6.07, 6.45) is 1.86. The van der Waals surface area contributed by atoms with Crippen molar-refractivity contribution >= 4 is 5.82 Å². The number of ether oxygens (including phenoxy) is 1. The van der Waals surface area contributed by atoms with Gasteiger partial charge in [-0.3, -0.25) is 0 Å². The van der Waals surface area contributed by atoms with E-state index in [9.17, 15) is 0 Å². The van der Waals surface area contributed by atoms with E-state index in [0.717, 1.165) is 35.8 Å². The maximum Gasteiger partial charge on any atom is 0.131 e. The molecule has 0 bridgehead atoms. The number of nitrogens with two attached hydrogens (primary N) is 1. The van der Waals surface area contributed by atoms with E-state index in [1.165, 1.54) is 5.56 Å². The van der Waals surface area contributed by atoms with Crippen LogP contribution in [0.5, 0.6) is 5.75 Å². The molecule has 2 N–H and O–H groups in total. The molecule has 4 nitrogen and oxygen atoms in total. The second-order valence-corrected chi connectivity index (χ2v) is 5.07. The number of rotatable bonds is 2.